The van der Waals surface area contributed by atoms with E-state index in [9.17, 15) is 18.0 Å². The largest absolute Gasteiger partial charge is 0.434 e. The van der Waals surface area contributed by atoms with Gasteiger partial charge in [0.15, 0.2) is 11.3 Å². The number of nitrogens with one attached hydrogen (secondary N) is 1. The fraction of sp³-hybridized carbons (Fsp3) is 0.588. The van der Waals surface area contributed by atoms with Crippen molar-refractivity contribution in [1.29, 1.82) is 0 Å². The molecular weight excluding hydrogens is 369 g/mol. The number of amides is 1. The lowest BCUT2D eigenvalue weighted by molar-refractivity contribution is -0.140. The van der Waals surface area contributed by atoms with Gasteiger partial charge in [-0.2, -0.15) is 13.2 Å². The van der Waals surface area contributed by atoms with Crippen molar-refractivity contribution in [1.82, 2.24) is 14.5 Å². The van der Waals surface area contributed by atoms with Crippen LogP contribution in [0.4, 0.5) is 19.1 Å². The smallest absolute Gasteiger partial charge is 0.296 e. The third-order valence-corrected chi connectivity index (χ3v) is 4.56. The topological polar surface area (TPSA) is 59.8 Å². The Morgan fingerprint density at radius 3 is 2.46 bits per heavy atom. The number of hydrogen-bond acceptors (Lipinski definition) is 3. The molecule has 142 valence electrons. The van der Waals surface area contributed by atoms with Crippen LogP contribution in [-0.2, 0) is 11.0 Å². The van der Waals surface area contributed by atoms with E-state index in [1.54, 1.807) is 4.57 Å². The van der Waals surface area contributed by atoms with Crippen molar-refractivity contribution in [2.75, 3.05) is 5.32 Å². The predicted molar refractivity (Wildman–Crippen MR) is 93.1 cm³/mol. The number of hydrogen-bond donors (Lipinski definition) is 1. The quantitative estimate of drug-likeness (QED) is 0.785. The van der Waals surface area contributed by atoms with Crippen molar-refractivity contribution in [2.24, 2.45) is 5.41 Å². The molecule has 5 nitrogen and oxygen atoms in total. The number of carbonyl (C=O) groups is 1. The highest BCUT2D eigenvalue weighted by atomic mass is 35.5. The van der Waals surface area contributed by atoms with Gasteiger partial charge in [-0.3, -0.25) is 14.7 Å². The van der Waals surface area contributed by atoms with E-state index in [1.165, 1.54) is 0 Å². The maximum Gasteiger partial charge on any atom is 0.434 e. The van der Waals surface area contributed by atoms with Crippen molar-refractivity contribution in [2.45, 2.75) is 58.7 Å². The molecule has 2 aromatic heterocycles. The van der Waals surface area contributed by atoms with Crippen molar-refractivity contribution in [3.05, 3.63) is 16.8 Å². The zero-order chi connectivity index (χ0) is 19.3. The van der Waals surface area contributed by atoms with Gasteiger partial charge < -0.3 is 0 Å². The summed E-state index contributed by atoms with van der Waals surface area (Å²) in [6, 6.07) is 1.13. The molecule has 2 heterocycles. The molecule has 26 heavy (non-hydrogen) atoms. The molecule has 0 spiro atoms. The minimum atomic E-state index is -4.66. The van der Waals surface area contributed by atoms with E-state index >= 15 is 0 Å². The molecule has 0 atom stereocenters. The zero-order valence-electron chi connectivity index (χ0n) is 14.7. The molecule has 2 aromatic rings. The van der Waals surface area contributed by atoms with Gasteiger partial charge in [-0.25, -0.2) is 9.97 Å². The summed E-state index contributed by atoms with van der Waals surface area (Å²) in [7, 11) is 0. The van der Waals surface area contributed by atoms with Crippen molar-refractivity contribution < 1.29 is 18.0 Å². The van der Waals surface area contributed by atoms with Crippen LogP contribution >= 0.6 is 11.6 Å². The number of carbonyl (C=O) groups excluding carboxylic acids is 1. The molecule has 1 aliphatic rings. The minimum absolute atomic E-state index is 0.0281. The molecule has 1 fully saturated rings. The number of alkyl halides is 3. The minimum Gasteiger partial charge on any atom is -0.296 e. The molecule has 0 saturated heterocycles. The van der Waals surface area contributed by atoms with Crippen molar-refractivity contribution in [3.63, 3.8) is 0 Å². The summed E-state index contributed by atoms with van der Waals surface area (Å²) in [6.07, 6.45) is -1.81. The predicted octanol–water partition coefficient (Wildman–Crippen LogP) is 5.20. The van der Waals surface area contributed by atoms with Crippen LogP contribution in [0, 0.1) is 5.41 Å². The molecule has 9 heteroatoms. The standard InChI is InChI=1S/C17H20ClF3N4O/c1-16(2,3)8-12(26)23-15-22-11-7-10(18)13(17(19,20)21)24-14(11)25(15)9-5-4-6-9/h7,9H,4-6,8H2,1-3H3,(H,22,23,26). The number of fused-ring (bicyclic) bond motifs is 1. The Morgan fingerprint density at radius 2 is 1.96 bits per heavy atom. The first-order chi connectivity index (χ1) is 12.0. The van der Waals surface area contributed by atoms with Crippen LogP contribution in [0.1, 0.15) is 58.2 Å². The summed E-state index contributed by atoms with van der Waals surface area (Å²) in [4.78, 5) is 20.3. The number of nitrogens with zero attached hydrogens (tertiary/aromatic N) is 3. The van der Waals surface area contributed by atoms with Crippen LogP contribution in [0.2, 0.25) is 5.02 Å². The summed E-state index contributed by atoms with van der Waals surface area (Å²) in [5, 5.41) is 2.23. The first-order valence-electron chi connectivity index (χ1n) is 8.41. The molecule has 1 amide bonds. The first-order valence-corrected chi connectivity index (χ1v) is 8.79. The Bertz CT molecular complexity index is 850. The van der Waals surface area contributed by atoms with Crippen LogP contribution in [0.5, 0.6) is 0 Å². The van der Waals surface area contributed by atoms with Gasteiger partial charge in [0.1, 0.15) is 5.52 Å². The van der Waals surface area contributed by atoms with Gasteiger partial charge in [-0.05, 0) is 30.7 Å². The lowest BCUT2D eigenvalue weighted by Crippen LogP contribution is -2.25. The highest BCUT2D eigenvalue weighted by Gasteiger charge is 2.37. The fourth-order valence-electron chi connectivity index (χ4n) is 2.93. The van der Waals surface area contributed by atoms with Gasteiger partial charge in [0, 0.05) is 12.5 Å². The van der Waals surface area contributed by atoms with Crippen molar-refractivity contribution in [3.8, 4) is 0 Å². The highest BCUT2D eigenvalue weighted by Crippen LogP contribution is 2.40. The average Bonchev–Trinajstić information content (AvgIpc) is 2.70. The molecule has 0 aromatic carbocycles. The Balaban J connectivity index is 2.07. The molecular formula is C17H20ClF3N4O. The molecule has 0 unspecified atom stereocenters. The highest BCUT2D eigenvalue weighted by molar-refractivity contribution is 6.31. The van der Waals surface area contributed by atoms with Crippen LogP contribution in [0.15, 0.2) is 6.07 Å². The maximum absolute atomic E-state index is 13.2. The summed E-state index contributed by atoms with van der Waals surface area (Å²) in [5.74, 6) is -0.0163. The summed E-state index contributed by atoms with van der Waals surface area (Å²) < 4.78 is 41.1. The number of aromatic nitrogens is 3. The second kappa shape index (κ2) is 6.40. The summed E-state index contributed by atoms with van der Waals surface area (Å²) in [6.45, 7) is 5.79. The summed E-state index contributed by atoms with van der Waals surface area (Å²) in [5.41, 5.74) is -1.03. The number of imidazole rings is 1. The lowest BCUT2D eigenvalue weighted by atomic mass is 9.92. The monoisotopic (exact) mass is 388 g/mol. The van der Waals surface area contributed by atoms with Crippen LogP contribution in [0.3, 0.4) is 0 Å². The van der Waals surface area contributed by atoms with E-state index in [1.807, 2.05) is 20.8 Å². The van der Waals surface area contributed by atoms with Gasteiger partial charge in [-0.1, -0.05) is 32.4 Å². The zero-order valence-corrected chi connectivity index (χ0v) is 15.5. The molecule has 1 saturated carbocycles. The third-order valence-electron chi connectivity index (χ3n) is 4.27. The number of halogens is 4. The molecule has 0 aliphatic heterocycles. The van der Waals surface area contributed by atoms with E-state index in [0.717, 1.165) is 25.3 Å². The van der Waals surface area contributed by atoms with E-state index in [-0.39, 0.29) is 40.9 Å². The third kappa shape index (κ3) is 3.79. The number of anilines is 1. The SMILES string of the molecule is CC(C)(C)CC(=O)Nc1nc2cc(Cl)c(C(F)(F)F)nc2n1C1CCC1. The van der Waals surface area contributed by atoms with Gasteiger partial charge in [0.2, 0.25) is 11.9 Å². The van der Waals surface area contributed by atoms with Gasteiger partial charge in [-0.15, -0.1) is 0 Å². The summed E-state index contributed by atoms with van der Waals surface area (Å²) >= 11 is 5.75. The number of rotatable bonds is 3. The lowest BCUT2D eigenvalue weighted by Gasteiger charge is -2.29. The average molecular weight is 389 g/mol. The van der Waals surface area contributed by atoms with Crippen LogP contribution < -0.4 is 5.32 Å². The fourth-order valence-corrected chi connectivity index (χ4v) is 3.18. The number of pyridine rings is 1. The molecule has 0 radical (unpaired) electrons. The molecule has 3 rings (SSSR count). The second-order valence-corrected chi connectivity index (χ2v) is 8.24. The van der Waals surface area contributed by atoms with Gasteiger partial charge in [0.25, 0.3) is 0 Å². The molecule has 1 N–H and O–H groups in total. The molecule has 0 bridgehead atoms. The van der Waals surface area contributed by atoms with Crippen LogP contribution in [-0.4, -0.2) is 20.4 Å². The second-order valence-electron chi connectivity index (χ2n) is 7.84. The Hall–Kier alpha value is -1.83. The van der Waals surface area contributed by atoms with Gasteiger partial charge in [0.05, 0.1) is 5.02 Å². The van der Waals surface area contributed by atoms with E-state index in [2.05, 4.69) is 15.3 Å². The van der Waals surface area contributed by atoms with Crippen LogP contribution in [0.25, 0.3) is 11.2 Å². The Kier molecular flexibility index (Phi) is 4.67. The Morgan fingerprint density at radius 1 is 1.31 bits per heavy atom. The first kappa shape index (κ1) is 18.9. The van der Waals surface area contributed by atoms with Gasteiger partial charge >= 0.3 is 6.18 Å². The van der Waals surface area contributed by atoms with E-state index in [0.29, 0.717) is 0 Å². The maximum atomic E-state index is 13.2. The normalized spacial score (nSPS) is 16.0. The molecule has 1 aliphatic carbocycles. The van der Waals surface area contributed by atoms with Crippen molar-refractivity contribution >= 4 is 34.6 Å². The van der Waals surface area contributed by atoms with E-state index in [4.69, 9.17) is 11.6 Å². The van der Waals surface area contributed by atoms with E-state index < -0.39 is 16.9 Å². The Labute approximate surface area is 153 Å².